The quantitative estimate of drug-likeness (QED) is 0.628. The molecule has 0 unspecified atom stereocenters. The third-order valence-corrected chi connectivity index (χ3v) is 4.86. The van der Waals surface area contributed by atoms with Crippen LogP contribution in [0.4, 0.5) is 0 Å². The molecule has 28 heavy (non-hydrogen) atoms. The fourth-order valence-corrected chi connectivity index (χ4v) is 3.26. The second kappa shape index (κ2) is 8.93. The van der Waals surface area contributed by atoms with Crippen LogP contribution in [0.2, 0.25) is 0 Å². The molecule has 1 heterocycles. The molecule has 0 saturated heterocycles. The molecule has 1 aliphatic heterocycles. The van der Waals surface area contributed by atoms with Crippen molar-refractivity contribution < 1.29 is 19.1 Å². The van der Waals surface area contributed by atoms with Crippen LogP contribution in [0, 0.1) is 0 Å². The van der Waals surface area contributed by atoms with E-state index in [1.165, 1.54) is 4.90 Å². The third-order valence-electron chi connectivity index (χ3n) is 4.51. The Bertz CT molecular complexity index is 888. The van der Waals surface area contributed by atoms with Crippen molar-refractivity contribution >= 4 is 29.0 Å². The molecule has 2 aromatic carbocycles. The van der Waals surface area contributed by atoms with E-state index in [1.807, 2.05) is 31.2 Å². The lowest BCUT2D eigenvalue weighted by Crippen LogP contribution is -2.33. The highest BCUT2D eigenvalue weighted by Gasteiger charge is 2.37. The van der Waals surface area contributed by atoms with Gasteiger partial charge in [-0.25, -0.2) is 0 Å². The van der Waals surface area contributed by atoms with Gasteiger partial charge >= 0.3 is 0 Å². The normalized spacial score (nSPS) is 14.0. The molecule has 5 nitrogen and oxygen atoms in total. The summed E-state index contributed by atoms with van der Waals surface area (Å²) in [5.41, 5.74) is 1.85. The van der Waals surface area contributed by atoms with Crippen LogP contribution in [0.3, 0.4) is 0 Å². The molecule has 0 fully saturated rings. The molecule has 0 bridgehead atoms. The van der Waals surface area contributed by atoms with Gasteiger partial charge in [-0.15, -0.1) is 0 Å². The topological polar surface area (TPSA) is 55.8 Å². The van der Waals surface area contributed by atoms with Crippen molar-refractivity contribution in [3.63, 3.8) is 0 Å². The summed E-state index contributed by atoms with van der Waals surface area (Å²) < 4.78 is 10.7. The zero-order valence-corrected chi connectivity index (χ0v) is 16.7. The van der Waals surface area contributed by atoms with Crippen molar-refractivity contribution in [2.24, 2.45) is 0 Å². The second-order valence-corrected chi connectivity index (χ2v) is 6.80. The van der Waals surface area contributed by atoms with Gasteiger partial charge in [0.25, 0.3) is 11.8 Å². The van der Waals surface area contributed by atoms with E-state index in [2.05, 4.69) is 0 Å². The standard InChI is InChI=1S/C22H22ClNO4/c1-3-14-28-18-10-6-16(7-11-18)19-20(23)22(26)24(21(19)25)13-12-15-4-8-17(27-2)9-5-15/h4-11H,3,12-14H2,1-2H3. The number of hydrogen-bond donors (Lipinski definition) is 0. The van der Waals surface area contributed by atoms with Gasteiger partial charge in [-0.2, -0.15) is 0 Å². The molecular formula is C22H22ClNO4. The largest absolute Gasteiger partial charge is 0.497 e. The molecule has 2 aromatic rings. The minimum Gasteiger partial charge on any atom is -0.497 e. The minimum atomic E-state index is -0.457. The molecule has 0 aliphatic carbocycles. The molecule has 0 atom stereocenters. The first-order valence-electron chi connectivity index (χ1n) is 9.17. The maximum Gasteiger partial charge on any atom is 0.273 e. The number of rotatable bonds is 8. The number of halogens is 1. The molecule has 0 radical (unpaired) electrons. The maximum absolute atomic E-state index is 12.8. The molecule has 146 valence electrons. The summed E-state index contributed by atoms with van der Waals surface area (Å²) in [6.45, 7) is 2.92. The monoisotopic (exact) mass is 399 g/mol. The third kappa shape index (κ3) is 4.20. The van der Waals surface area contributed by atoms with Crippen molar-refractivity contribution in [2.75, 3.05) is 20.3 Å². The summed E-state index contributed by atoms with van der Waals surface area (Å²) in [4.78, 5) is 26.5. The van der Waals surface area contributed by atoms with E-state index in [4.69, 9.17) is 21.1 Å². The van der Waals surface area contributed by atoms with E-state index >= 15 is 0 Å². The van der Waals surface area contributed by atoms with Gasteiger partial charge in [-0.05, 0) is 48.2 Å². The summed E-state index contributed by atoms with van der Waals surface area (Å²) in [6, 6.07) is 14.6. The van der Waals surface area contributed by atoms with Crippen molar-refractivity contribution in [3.05, 3.63) is 64.7 Å². The second-order valence-electron chi connectivity index (χ2n) is 6.42. The number of hydrogen-bond acceptors (Lipinski definition) is 4. The van der Waals surface area contributed by atoms with Crippen LogP contribution in [0.25, 0.3) is 5.57 Å². The van der Waals surface area contributed by atoms with Crippen LogP contribution >= 0.6 is 11.6 Å². The van der Waals surface area contributed by atoms with Crippen LogP contribution in [-0.4, -0.2) is 37.0 Å². The number of benzene rings is 2. The van der Waals surface area contributed by atoms with Crippen LogP contribution in [-0.2, 0) is 16.0 Å². The van der Waals surface area contributed by atoms with Crippen LogP contribution < -0.4 is 9.47 Å². The lowest BCUT2D eigenvalue weighted by molar-refractivity contribution is -0.136. The zero-order valence-electron chi connectivity index (χ0n) is 15.9. The Labute approximate surface area is 169 Å². The average Bonchev–Trinajstić information content (AvgIpc) is 2.94. The first-order valence-corrected chi connectivity index (χ1v) is 9.55. The Kier molecular flexibility index (Phi) is 6.37. The molecule has 1 aliphatic rings. The molecule has 6 heteroatoms. The van der Waals surface area contributed by atoms with E-state index < -0.39 is 5.91 Å². The van der Waals surface area contributed by atoms with Gasteiger partial charge in [0.2, 0.25) is 0 Å². The van der Waals surface area contributed by atoms with Crippen molar-refractivity contribution in [3.8, 4) is 11.5 Å². The Morgan fingerprint density at radius 2 is 1.57 bits per heavy atom. The molecule has 0 saturated carbocycles. The number of amides is 2. The molecule has 0 spiro atoms. The lowest BCUT2D eigenvalue weighted by atomic mass is 10.1. The Morgan fingerprint density at radius 3 is 2.18 bits per heavy atom. The lowest BCUT2D eigenvalue weighted by Gasteiger charge is -2.15. The minimum absolute atomic E-state index is 0.0399. The van der Waals surface area contributed by atoms with E-state index in [9.17, 15) is 9.59 Å². The van der Waals surface area contributed by atoms with Crippen molar-refractivity contribution in [2.45, 2.75) is 19.8 Å². The number of carbonyl (C=O) groups is 2. The van der Waals surface area contributed by atoms with Gasteiger partial charge < -0.3 is 9.47 Å². The molecule has 2 amide bonds. The summed E-state index contributed by atoms with van der Waals surface area (Å²) in [6.07, 6.45) is 1.46. The van der Waals surface area contributed by atoms with Crippen LogP contribution in [0.1, 0.15) is 24.5 Å². The predicted octanol–water partition coefficient (Wildman–Crippen LogP) is 4.05. The Hall–Kier alpha value is -2.79. The predicted molar refractivity (Wildman–Crippen MR) is 108 cm³/mol. The number of carbonyl (C=O) groups excluding carboxylic acids is 2. The Morgan fingerprint density at radius 1 is 0.929 bits per heavy atom. The average molecular weight is 400 g/mol. The highest BCUT2D eigenvalue weighted by molar-refractivity contribution is 6.55. The fraction of sp³-hybridized carbons (Fsp3) is 0.273. The molecule has 3 rings (SSSR count). The molecular weight excluding hydrogens is 378 g/mol. The highest BCUT2D eigenvalue weighted by atomic mass is 35.5. The summed E-state index contributed by atoms with van der Waals surface area (Å²) in [7, 11) is 1.61. The number of ether oxygens (including phenoxy) is 2. The van der Waals surface area contributed by atoms with Gasteiger partial charge in [0, 0.05) is 6.54 Å². The smallest absolute Gasteiger partial charge is 0.273 e. The summed E-state index contributed by atoms with van der Waals surface area (Å²) >= 11 is 6.22. The van der Waals surface area contributed by atoms with Crippen LogP contribution in [0.5, 0.6) is 11.5 Å². The van der Waals surface area contributed by atoms with E-state index in [0.29, 0.717) is 18.6 Å². The van der Waals surface area contributed by atoms with E-state index in [1.54, 1.807) is 31.4 Å². The fourth-order valence-electron chi connectivity index (χ4n) is 2.97. The number of methoxy groups -OCH3 is 1. The van der Waals surface area contributed by atoms with E-state index in [-0.39, 0.29) is 23.1 Å². The summed E-state index contributed by atoms with van der Waals surface area (Å²) in [5, 5.41) is -0.0399. The van der Waals surface area contributed by atoms with Gasteiger partial charge in [0.05, 0.1) is 19.3 Å². The number of imide groups is 1. The number of nitrogens with zero attached hydrogens (tertiary/aromatic N) is 1. The highest BCUT2D eigenvalue weighted by Crippen LogP contribution is 2.32. The van der Waals surface area contributed by atoms with Gasteiger partial charge in [-0.1, -0.05) is 42.8 Å². The van der Waals surface area contributed by atoms with E-state index in [0.717, 1.165) is 23.5 Å². The van der Waals surface area contributed by atoms with Gasteiger partial charge in [-0.3, -0.25) is 14.5 Å². The van der Waals surface area contributed by atoms with Crippen LogP contribution in [0.15, 0.2) is 53.6 Å². The SMILES string of the molecule is CCCOc1ccc(C2=C(Cl)C(=O)N(CCc3ccc(OC)cc3)C2=O)cc1. The zero-order chi connectivity index (χ0) is 20.1. The van der Waals surface area contributed by atoms with Gasteiger partial charge in [0.15, 0.2) is 0 Å². The summed E-state index contributed by atoms with van der Waals surface area (Å²) in [5.74, 6) is 0.651. The van der Waals surface area contributed by atoms with Gasteiger partial charge in [0.1, 0.15) is 16.5 Å². The molecule has 0 N–H and O–H groups in total. The maximum atomic E-state index is 12.8. The first-order chi connectivity index (χ1) is 13.5. The Balaban J connectivity index is 1.70. The molecule has 0 aromatic heterocycles. The first kappa shape index (κ1) is 20.0. The van der Waals surface area contributed by atoms with Crippen molar-refractivity contribution in [1.29, 1.82) is 0 Å². The van der Waals surface area contributed by atoms with Crippen molar-refractivity contribution in [1.82, 2.24) is 4.90 Å².